The second-order valence-electron chi connectivity index (χ2n) is 6.95. The van der Waals surface area contributed by atoms with Gasteiger partial charge in [0, 0.05) is 31.0 Å². The van der Waals surface area contributed by atoms with Gasteiger partial charge in [-0.05, 0) is 36.8 Å². The Hall–Kier alpha value is -3.28. The summed E-state index contributed by atoms with van der Waals surface area (Å²) in [5.41, 5.74) is 0.720. The zero-order chi connectivity index (χ0) is 23.5. The molecule has 0 aliphatic rings. The SMILES string of the molecule is COc1ccc(-c2nc(CCCC(=O)N(C)O)oc2-c2ccccc2S(N)(=O)=O)cc1F. The highest BCUT2D eigenvalue weighted by molar-refractivity contribution is 7.89. The van der Waals surface area contributed by atoms with Crippen molar-refractivity contribution < 1.29 is 32.0 Å². The summed E-state index contributed by atoms with van der Waals surface area (Å²) in [7, 11) is -1.52. The van der Waals surface area contributed by atoms with Gasteiger partial charge in [0.1, 0.15) is 5.69 Å². The third kappa shape index (κ3) is 5.13. The number of amides is 1. The Labute approximate surface area is 184 Å². The molecule has 0 aliphatic carbocycles. The topological polar surface area (TPSA) is 136 Å². The first-order chi connectivity index (χ1) is 15.1. The number of halogens is 1. The van der Waals surface area contributed by atoms with E-state index in [1.807, 2.05) is 0 Å². The van der Waals surface area contributed by atoms with E-state index in [-0.39, 0.29) is 46.4 Å². The lowest BCUT2D eigenvalue weighted by molar-refractivity contribution is -0.159. The first-order valence-electron chi connectivity index (χ1n) is 9.53. The monoisotopic (exact) mass is 463 g/mol. The number of sulfonamides is 1. The Bertz CT molecular complexity index is 1240. The molecule has 0 saturated carbocycles. The molecule has 0 radical (unpaired) electrons. The number of rotatable bonds is 8. The van der Waals surface area contributed by atoms with Gasteiger partial charge in [-0.1, -0.05) is 12.1 Å². The summed E-state index contributed by atoms with van der Waals surface area (Å²) in [6.45, 7) is 0. The van der Waals surface area contributed by atoms with Crippen LogP contribution in [0.3, 0.4) is 0 Å². The van der Waals surface area contributed by atoms with Crippen LogP contribution >= 0.6 is 0 Å². The van der Waals surface area contributed by atoms with Crippen molar-refractivity contribution in [2.45, 2.75) is 24.2 Å². The van der Waals surface area contributed by atoms with Crippen LogP contribution in [0.5, 0.6) is 5.75 Å². The minimum Gasteiger partial charge on any atom is -0.494 e. The first kappa shape index (κ1) is 23.4. The van der Waals surface area contributed by atoms with Gasteiger partial charge in [0.15, 0.2) is 23.2 Å². The summed E-state index contributed by atoms with van der Waals surface area (Å²) in [4.78, 5) is 15.8. The molecule has 2 aromatic carbocycles. The zero-order valence-corrected chi connectivity index (χ0v) is 18.2. The van der Waals surface area contributed by atoms with Gasteiger partial charge in [0.2, 0.25) is 15.9 Å². The Balaban J connectivity index is 2.08. The molecule has 9 nitrogen and oxygen atoms in total. The summed E-state index contributed by atoms with van der Waals surface area (Å²) in [6, 6.07) is 10.2. The number of aromatic nitrogens is 1. The van der Waals surface area contributed by atoms with Crippen molar-refractivity contribution >= 4 is 15.9 Å². The fourth-order valence-corrected chi connectivity index (χ4v) is 3.85. The van der Waals surface area contributed by atoms with Crippen LogP contribution < -0.4 is 9.88 Å². The Morgan fingerprint density at radius 1 is 1.28 bits per heavy atom. The number of nitrogens with two attached hydrogens (primary N) is 1. The van der Waals surface area contributed by atoms with E-state index in [4.69, 9.17) is 19.5 Å². The van der Waals surface area contributed by atoms with Crippen LogP contribution in [0.15, 0.2) is 51.8 Å². The van der Waals surface area contributed by atoms with Crippen molar-refractivity contribution in [3.05, 3.63) is 54.2 Å². The molecule has 1 amide bonds. The van der Waals surface area contributed by atoms with Gasteiger partial charge in [-0.15, -0.1) is 0 Å². The fourth-order valence-electron chi connectivity index (χ4n) is 3.12. The molecule has 3 aromatic rings. The number of methoxy groups -OCH3 is 1. The number of aryl methyl sites for hydroxylation is 1. The number of benzene rings is 2. The minimum atomic E-state index is -4.09. The molecule has 1 aromatic heterocycles. The molecule has 0 aliphatic heterocycles. The van der Waals surface area contributed by atoms with Gasteiger partial charge >= 0.3 is 0 Å². The lowest BCUT2D eigenvalue weighted by atomic mass is 10.1. The van der Waals surface area contributed by atoms with Crippen LogP contribution in [0.1, 0.15) is 18.7 Å². The number of primary sulfonamides is 1. The van der Waals surface area contributed by atoms with Crippen LogP contribution in [0, 0.1) is 5.82 Å². The summed E-state index contributed by atoms with van der Waals surface area (Å²) in [5.74, 6) is -0.759. The molecule has 3 N–H and O–H groups in total. The number of oxazole rings is 1. The molecule has 0 bridgehead atoms. The molecule has 1 heterocycles. The molecule has 32 heavy (non-hydrogen) atoms. The van der Waals surface area contributed by atoms with E-state index in [2.05, 4.69) is 4.98 Å². The van der Waals surface area contributed by atoms with Gasteiger partial charge in [0.25, 0.3) is 0 Å². The van der Waals surface area contributed by atoms with Gasteiger partial charge in [-0.3, -0.25) is 10.0 Å². The number of carbonyl (C=O) groups is 1. The molecule has 11 heteroatoms. The average molecular weight is 463 g/mol. The van der Waals surface area contributed by atoms with E-state index in [1.54, 1.807) is 12.1 Å². The van der Waals surface area contributed by atoms with E-state index in [0.29, 0.717) is 17.0 Å². The van der Waals surface area contributed by atoms with Gasteiger partial charge in [-0.25, -0.2) is 28.0 Å². The van der Waals surface area contributed by atoms with Gasteiger partial charge in [0.05, 0.1) is 12.0 Å². The second kappa shape index (κ2) is 9.47. The summed E-state index contributed by atoms with van der Waals surface area (Å²) in [6.07, 6.45) is 0.588. The van der Waals surface area contributed by atoms with Crippen molar-refractivity contribution in [2.75, 3.05) is 14.2 Å². The predicted molar refractivity (Wildman–Crippen MR) is 113 cm³/mol. The Kier molecular flexibility index (Phi) is 6.92. The van der Waals surface area contributed by atoms with Crippen LogP contribution in [0.2, 0.25) is 0 Å². The van der Waals surface area contributed by atoms with E-state index in [0.717, 1.165) is 0 Å². The molecule has 170 valence electrons. The molecule has 0 atom stereocenters. The maximum absolute atomic E-state index is 14.3. The molecule has 3 rings (SSSR count). The second-order valence-corrected chi connectivity index (χ2v) is 8.48. The molecular weight excluding hydrogens is 441 g/mol. The highest BCUT2D eigenvalue weighted by Crippen LogP contribution is 2.37. The molecular formula is C21H22FN3O6S. The maximum Gasteiger partial charge on any atom is 0.245 e. The van der Waals surface area contributed by atoms with E-state index >= 15 is 0 Å². The third-order valence-electron chi connectivity index (χ3n) is 4.68. The predicted octanol–water partition coefficient (Wildman–Crippen LogP) is 2.97. The minimum absolute atomic E-state index is 0.0376. The van der Waals surface area contributed by atoms with Gasteiger partial charge < -0.3 is 9.15 Å². The third-order valence-corrected chi connectivity index (χ3v) is 5.65. The summed E-state index contributed by atoms with van der Waals surface area (Å²) < 4.78 is 49.4. The molecule has 0 fully saturated rings. The quantitative estimate of drug-likeness (QED) is 0.387. The first-order valence-corrected chi connectivity index (χ1v) is 11.1. The van der Waals surface area contributed by atoms with Crippen molar-refractivity contribution in [1.29, 1.82) is 0 Å². The van der Waals surface area contributed by atoms with Gasteiger partial charge in [-0.2, -0.15) is 0 Å². The number of hydrogen-bond donors (Lipinski definition) is 2. The van der Waals surface area contributed by atoms with E-state index in [9.17, 15) is 17.6 Å². The van der Waals surface area contributed by atoms with Crippen LogP contribution in [-0.2, 0) is 21.2 Å². The molecule has 0 unspecified atom stereocenters. The smallest absolute Gasteiger partial charge is 0.245 e. The number of nitrogens with zero attached hydrogens (tertiary/aromatic N) is 2. The number of hydroxylamine groups is 2. The van der Waals surface area contributed by atoms with Crippen LogP contribution in [0.4, 0.5) is 4.39 Å². The summed E-state index contributed by atoms with van der Waals surface area (Å²) >= 11 is 0. The van der Waals surface area contributed by atoms with E-state index < -0.39 is 21.7 Å². The van der Waals surface area contributed by atoms with Crippen LogP contribution in [0.25, 0.3) is 22.6 Å². The number of ether oxygens (including phenoxy) is 1. The van der Waals surface area contributed by atoms with E-state index in [1.165, 1.54) is 44.5 Å². The number of carbonyl (C=O) groups excluding carboxylic acids is 1. The Morgan fingerprint density at radius 3 is 2.62 bits per heavy atom. The highest BCUT2D eigenvalue weighted by Gasteiger charge is 2.24. The van der Waals surface area contributed by atoms with Crippen molar-refractivity contribution in [2.24, 2.45) is 5.14 Å². The highest BCUT2D eigenvalue weighted by atomic mass is 32.2. The Morgan fingerprint density at radius 2 is 2.00 bits per heavy atom. The lowest BCUT2D eigenvalue weighted by Gasteiger charge is -2.08. The average Bonchev–Trinajstić information content (AvgIpc) is 3.17. The van der Waals surface area contributed by atoms with Crippen molar-refractivity contribution in [3.63, 3.8) is 0 Å². The lowest BCUT2D eigenvalue weighted by Crippen LogP contribution is -2.22. The fraction of sp³-hybridized carbons (Fsp3) is 0.238. The maximum atomic E-state index is 14.3. The molecule has 0 spiro atoms. The molecule has 0 saturated heterocycles. The number of hydrogen-bond acceptors (Lipinski definition) is 7. The summed E-state index contributed by atoms with van der Waals surface area (Å²) in [5, 5.41) is 15.0. The standard InChI is InChI=1S/C21H22FN3O6S/c1-25(27)19(26)9-5-8-18-24-20(13-10-11-16(30-2)15(22)12-13)21(31-18)14-6-3-4-7-17(14)32(23,28)29/h3-4,6-7,10-12,27H,5,8-9H2,1-2H3,(H2,23,28,29). The largest absolute Gasteiger partial charge is 0.494 e. The van der Waals surface area contributed by atoms with Crippen LogP contribution in [-0.4, -0.2) is 43.7 Å². The zero-order valence-electron chi connectivity index (χ0n) is 17.4. The normalized spacial score (nSPS) is 11.4. The van der Waals surface area contributed by atoms with Crippen molar-refractivity contribution in [1.82, 2.24) is 10.0 Å². The van der Waals surface area contributed by atoms with Crippen molar-refractivity contribution in [3.8, 4) is 28.3 Å².